The summed E-state index contributed by atoms with van der Waals surface area (Å²) in [6.45, 7) is 0.444. The highest BCUT2D eigenvalue weighted by molar-refractivity contribution is 7.99. The summed E-state index contributed by atoms with van der Waals surface area (Å²) in [5.74, 6) is 0.762. The summed E-state index contributed by atoms with van der Waals surface area (Å²) in [4.78, 5) is 16.3. The molecule has 5 heteroatoms. The predicted molar refractivity (Wildman–Crippen MR) is 90.7 cm³/mol. The van der Waals surface area contributed by atoms with E-state index in [-0.39, 0.29) is 17.4 Å². The Hall–Kier alpha value is -1.98. The summed E-state index contributed by atoms with van der Waals surface area (Å²) in [6, 6.07) is 19.6. The van der Waals surface area contributed by atoms with Gasteiger partial charge in [-0.25, -0.2) is 4.79 Å². The van der Waals surface area contributed by atoms with E-state index in [0.717, 1.165) is 16.9 Å². The molecule has 2 aromatic carbocycles. The molecule has 1 N–H and O–H groups in total. The largest absolute Gasteiger partial charge is 0.371 e. The Labute approximate surface area is 139 Å². The first kappa shape index (κ1) is 14.6. The Balaban J connectivity index is 1.59. The standard InChI is InChI=1S/C18H18N2O2S/c21-16-15-12-23-17(14-9-5-2-6-10-14)20(15)18(22)19(16)11-13-7-3-1-4-8-13/h1-10,15-17,21H,11-12H2/t15-,16+,17-/m0/s1. The number of hydrogen-bond donors (Lipinski definition) is 1. The maximum Gasteiger partial charge on any atom is 0.324 e. The number of aliphatic hydroxyl groups is 1. The van der Waals surface area contributed by atoms with Gasteiger partial charge in [0.05, 0.1) is 12.6 Å². The molecule has 0 unspecified atom stereocenters. The fraction of sp³-hybridized carbons (Fsp3) is 0.278. The number of benzene rings is 2. The second kappa shape index (κ2) is 5.91. The van der Waals surface area contributed by atoms with Gasteiger partial charge in [-0.15, -0.1) is 11.8 Å². The van der Waals surface area contributed by atoms with Gasteiger partial charge in [0.15, 0.2) is 6.23 Å². The van der Waals surface area contributed by atoms with Crippen LogP contribution in [0.2, 0.25) is 0 Å². The smallest absolute Gasteiger partial charge is 0.324 e. The van der Waals surface area contributed by atoms with E-state index < -0.39 is 6.23 Å². The van der Waals surface area contributed by atoms with Crippen LogP contribution >= 0.6 is 11.8 Å². The molecule has 3 atom stereocenters. The van der Waals surface area contributed by atoms with Crippen LogP contribution in [-0.4, -0.2) is 39.0 Å². The zero-order chi connectivity index (χ0) is 15.8. The van der Waals surface area contributed by atoms with Crippen molar-refractivity contribution in [1.82, 2.24) is 9.80 Å². The first-order valence-corrected chi connectivity index (χ1v) is 8.78. The second-order valence-electron chi connectivity index (χ2n) is 5.88. The summed E-state index contributed by atoms with van der Waals surface area (Å²) in [5, 5.41) is 10.6. The Morgan fingerprint density at radius 2 is 1.70 bits per heavy atom. The lowest BCUT2D eigenvalue weighted by Gasteiger charge is -2.24. The van der Waals surface area contributed by atoms with Crippen molar-refractivity contribution < 1.29 is 9.90 Å². The van der Waals surface area contributed by atoms with Gasteiger partial charge in [0.2, 0.25) is 0 Å². The van der Waals surface area contributed by atoms with Crippen molar-refractivity contribution in [3.05, 3.63) is 71.8 Å². The molecule has 0 spiro atoms. The highest BCUT2D eigenvalue weighted by Gasteiger charge is 2.52. The topological polar surface area (TPSA) is 43.8 Å². The number of hydrogen-bond acceptors (Lipinski definition) is 3. The number of rotatable bonds is 3. The number of carbonyl (C=O) groups excluding carboxylic acids is 1. The number of nitrogens with zero attached hydrogens (tertiary/aromatic N) is 2. The third-order valence-electron chi connectivity index (χ3n) is 4.45. The average Bonchev–Trinajstić information content (AvgIpc) is 3.13. The Morgan fingerprint density at radius 3 is 2.39 bits per heavy atom. The molecule has 118 valence electrons. The molecule has 2 heterocycles. The van der Waals surface area contributed by atoms with E-state index in [0.29, 0.717) is 6.54 Å². The zero-order valence-electron chi connectivity index (χ0n) is 12.6. The highest BCUT2D eigenvalue weighted by Crippen LogP contribution is 2.46. The van der Waals surface area contributed by atoms with Crippen molar-refractivity contribution in [2.24, 2.45) is 0 Å². The molecule has 2 aliphatic rings. The van der Waals surface area contributed by atoms with E-state index in [2.05, 4.69) is 0 Å². The van der Waals surface area contributed by atoms with E-state index in [4.69, 9.17) is 0 Å². The van der Waals surface area contributed by atoms with Crippen LogP contribution in [0.3, 0.4) is 0 Å². The van der Waals surface area contributed by atoms with Crippen LogP contribution in [0.5, 0.6) is 0 Å². The molecule has 2 amide bonds. The van der Waals surface area contributed by atoms with Crippen molar-refractivity contribution in [1.29, 1.82) is 0 Å². The molecule has 0 aromatic heterocycles. The van der Waals surface area contributed by atoms with Gasteiger partial charge in [0.25, 0.3) is 0 Å². The van der Waals surface area contributed by atoms with Gasteiger partial charge < -0.3 is 10.0 Å². The maximum absolute atomic E-state index is 12.9. The normalized spacial score (nSPS) is 26.7. The first-order valence-electron chi connectivity index (χ1n) is 7.73. The van der Waals surface area contributed by atoms with Crippen LogP contribution in [0.1, 0.15) is 16.5 Å². The van der Waals surface area contributed by atoms with Gasteiger partial charge in [0, 0.05) is 5.75 Å². The fourth-order valence-electron chi connectivity index (χ4n) is 3.28. The minimum absolute atomic E-state index is 0.0101. The average molecular weight is 326 g/mol. The van der Waals surface area contributed by atoms with Crippen molar-refractivity contribution in [2.45, 2.75) is 24.2 Å². The van der Waals surface area contributed by atoms with Gasteiger partial charge >= 0.3 is 6.03 Å². The molecule has 4 rings (SSSR count). The second-order valence-corrected chi connectivity index (χ2v) is 6.99. The maximum atomic E-state index is 12.9. The number of carbonyl (C=O) groups is 1. The minimum Gasteiger partial charge on any atom is -0.371 e. The summed E-state index contributed by atoms with van der Waals surface area (Å²) in [5.41, 5.74) is 2.15. The number of urea groups is 1. The van der Waals surface area contributed by atoms with Crippen LogP contribution < -0.4 is 0 Å². The van der Waals surface area contributed by atoms with Crippen LogP contribution in [0, 0.1) is 0 Å². The van der Waals surface area contributed by atoms with E-state index in [9.17, 15) is 9.90 Å². The molecule has 2 saturated heterocycles. The van der Waals surface area contributed by atoms with Crippen molar-refractivity contribution in [2.75, 3.05) is 5.75 Å². The summed E-state index contributed by atoms with van der Waals surface area (Å²) in [7, 11) is 0. The van der Waals surface area contributed by atoms with E-state index in [1.807, 2.05) is 65.6 Å². The predicted octanol–water partition coefficient (Wildman–Crippen LogP) is 3.06. The van der Waals surface area contributed by atoms with Crippen LogP contribution in [-0.2, 0) is 6.54 Å². The van der Waals surface area contributed by atoms with Crippen molar-refractivity contribution in [3.8, 4) is 0 Å². The Morgan fingerprint density at radius 1 is 1.04 bits per heavy atom. The van der Waals surface area contributed by atoms with Crippen LogP contribution in [0.15, 0.2) is 60.7 Å². The monoisotopic (exact) mass is 326 g/mol. The fourth-order valence-corrected chi connectivity index (χ4v) is 4.75. The summed E-state index contributed by atoms with van der Waals surface area (Å²) in [6.07, 6.45) is -0.746. The number of fused-ring (bicyclic) bond motifs is 1. The molecule has 2 aliphatic heterocycles. The summed E-state index contributed by atoms with van der Waals surface area (Å²) < 4.78 is 0. The number of aliphatic hydroxyl groups excluding tert-OH is 1. The molecule has 2 fully saturated rings. The molecule has 0 saturated carbocycles. The van der Waals surface area contributed by atoms with Crippen LogP contribution in [0.4, 0.5) is 4.79 Å². The molecule has 0 radical (unpaired) electrons. The third-order valence-corrected chi connectivity index (χ3v) is 5.79. The van der Waals surface area contributed by atoms with E-state index in [1.54, 1.807) is 16.7 Å². The van der Waals surface area contributed by atoms with Crippen LogP contribution in [0.25, 0.3) is 0 Å². The zero-order valence-corrected chi connectivity index (χ0v) is 13.4. The molecule has 0 bridgehead atoms. The van der Waals surface area contributed by atoms with Gasteiger partial charge in [-0.1, -0.05) is 60.7 Å². The van der Waals surface area contributed by atoms with Gasteiger partial charge in [-0.2, -0.15) is 0 Å². The Kier molecular flexibility index (Phi) is 3.75. The van der Waals surface area contributed by atoms with Gasteiger partial charge in [0.1, 0.15) is 5.37 Å². The molecular formula is C18H18N2O2S. The lowest BCUT2D eigenvalue weighted by atomic mass is 10.2. The Bertz CT molecular complexity index is 695. The minimum atomic E-state index is -0.746. The third kappa shape index (κ3) is 2.50. The molecular weight excluding hydrogens is 308 g/mol. The quantitative estimate of drug-likeness (QED) is 0.943. The first-order chi connectivity index (χ1) is 11.3. The van der Waals surface area contributed by atoms with Crippen molar-refractivity contribution in [3.63, 3.8) is 0 Å². The SMILES string of the molecule is O=C1N(Cc2ccccc2)[C@H](O)[C@@H]2CS[C@@H](c3ccccc3)N12. The van der Waals surface area contributed by atoms with Gasteiger partial charge in [-0.05, 0) is 11.1 Å². The van der Waals surface area contributed by atoms with E-state index >= 15 is 0 Å². The van der Waals surface area contributed by atoms with Gasteiger partial charge in [-0.3, -0.25) is 4.90 Å². The number of amides is 2. The number of thioether (sulfide) groups is 1. The molecule has 2 aromatic rings. The molecule has 0 aliphatic carbocycles. The summed E-state index contributed by atoms with van der Waals surface area (Å²) >= 11 is 1.72. The highest BCUT2D eigenvalue weighted by atomic mass is 32.2. The van der Waals surface area contributed by atoms with E-state index in [1.165, 1.54) is 0 Å². The molecule has 23 heavy (non-hydrogen) atoms. The lowest BCUT2D eigenvalue weighted by Crippen LogP contribution is -2.36. The van der Waals surface area contributed by atoms with Crippen molar-refractivity contribution >= 4 is 17.8 Å². The molecule has 4 nitrogen and oxygen atoms in total. The lowest BCUT2D eigenvalue weighted by molar-refractivity contribution is 0.0363.